The van der Waals surface area contributed by atoms with Crippen molar-refractivity contribution in [2.45, 2.75) is 11.6 Å². The predicted molar refractivity (Wildman–Crippen MR) is 72.7 cm³/mol. The Kier molecular flexibility index (Phi) is 32.5. The van der Waals surface area contributed by atoms with Crippen molar-refractivity contribution >= 4 is 0 Å². The quantitative estimate of drug-likeness (QED) is 0.627. The van der Waals surface area contributed by atoms with Gasteiger partial charge in [0.25, 0.3) is 0 Å². The molecule has 0 aromatic carbocycles. The van der Waals surface area contributed by atoms with Crippen LogP contribution < -0.4 is 16.0 Å². The molecule has 1 rings (SSSR count). The van der Waals surface area contributed by atoms with Gasteiger partial charge in [-0.15, -0.1) is 0 Å². The molecule has 3 N–H and O–H groups in total. The molecule has 96 valence electrons. The Hall–Kier alpha value is 0.0743. The fraction of sp³-hybridized carbons (Fsp3) is 0.667. The molecular weight excluding hydrogens is 234 g/mol. The maximum absolute atomic E-state index is 2.75. The van der Waals surface area contributed by atoms with Gasteiger partial charge in [0, 0.05) is 0 Å². The molecule has 0 bridgehead atoms. The number of hydrogen-bond donors (Lipinski definition) is 3. The minimum atomic E-state index is 0.292. The Morgan fingerprint density at radius 2 is 1.31 bits per heavy atom. The van der Waals surface area contributed by atoms with Crippen LogP contribution in [0.15, 0.2) is 22.1 Å². The van der Waals surface area contributed by atoms with E-state index < -0.39 is 0 Å². The monoisotopic (exact) mass is 263 g/mol. The van der Waals surface area contributed by atoms with Crippen LogP contribution in [-0.4, -0.2) is 42.3 Å². The molecule has 0 radical (unpaired) electrons. The molecule has 0 aromatic rings. The standard InChI is InChI=1S/C5H5.3C2H7N.CH3.Ti/c1-2-4-5-3-1;3*1-3-2;;/h1-3H,4H2;3*3H,1-2H3;1H3;. The van der Waals surface area contributed by atoms with Crippen molar-refractivity contribution < 1.29 is 19.2 Å². The molecule has 1 aliphatic carbocycles. The number of nitrogens with one attached hydrogen (secondary N) is 3. The summed E-state index contributed by atoms with van der Waals surface area (Å²) in [6, 6.07) is 0. The van der Waals surface area contributed by atoms with Gasteiger partial charge in [0.1, 0.15) is 0 Å². The van der Waals surface area contributed by atoms with E-state index in [-0.39, 0.29) is 0 Å². The van der Waals surface area contributed by atoms with Crippen LogP contribution in [0.25, 0.3) is 0 Å². The van der Waals surface area contributed by atoms with Crippen LogP contribution in [0.4, 0.5) is 0 Å². The molecule has 0 heterocycles. The first kappa shape index (κ1) is 21.4. The van der Waals surface area contributed by atoms with Gasteiger partial charge in [-0.2, -0.15) is 0 Å². The zero-order valence-electron chi connectivity index (χ0n) is 11.9. The van der Waals surface area contributed by atoms with Crippen LogP contribution in [-0.2, 0) is 19.2 Å². The second-order valence-corrected chi connectivity index (χ2v) is 4.86. The summed E-state index contributed by atoms with van der Waals surface area (Å²) in [5.74, 6) is 0. The summed E-state index contributed by atoms with van der Waals surface area (Å²) in [6.45, 7) is 0. The third-order valence-electron chi connectivity index (χ3n) is 1.09. The summed E-state index contributed by atoms with van der Waals surface area (Å²) in [7, 11) is 11.2. The Bertz CT molecular complexity index is 152. The molecule has 16 heavy (non-hydrogen) atoms. The van der Waals surface area contributed by atoms with E-state index in [1.54, 1.807) is 3.88 Å². The van der Waals surface area contributed by atoms with Gasteiger partial charge >= 0.3 is 52.9 Å². The van der Waals surface area contributed by atoms with Crippen molar-refractivity contribution in [3.63, 3.8) is 0 Å². The summed E-state index contributed by atoms with van der Waals surface area (Å²) in [6.07, 6.45) is 7.88. The van der Waals surface area contributed by atoms with E-state index >= 15 is 0 Å². The first-order valence-corrected chi connectivity index (χ1v) is 7.81. The molecule has 0 spiro atoms. The zero-order chi connectivity index (χ0) is 13.2. The van der Waals surface area contributed by atoms with Crippen LogP contribution in [0.1, 0.15) is 6.42 Å². The molecule has 0 saturated carbocycles. The van der Waals surface area contributed by atoms with Gasteiger partial charge in [-0.25, -0.2) is 0 Å². The molecule has 0 atom stereocenters. The second-order valence-electron chi connectivity index (χ2n) is 3.07. The average molecular weight is 263 g/mol. The Morgan fingerprint density at radius 3 is 1.44 bits per heavy atom. The van der Waals surface area contributed by atoms with Crippen LogP contribution in [0.3, 0.4) is 0 Å². The van der Waals surface area contributed by atoms with Gasteiger partial charge in [-0.3, -0.25) is 0 Å². The fourth-order valence-corrected chi connectivity index (χ4v) is 1.55. The van der Waals surface area contributed by atoms with E-state index in [4.69, 9.17) is 0 Å². The molecule has 1 aliphatic rings. The molecule has 0 saturated heterocycles. The molecule has 3 nitrogen and oxygen atoms in total. The fourth-order valence-electron chi connectivity index (χ4n) is 0.633. The minimum absolute atomic E-state index is 0.292. The van der Waals surface area contributed by atoms with E-state index in [1.165, 1.54) is 6.42 Å². The summed E-state index contributed by atoms with van der Waals surface area (Å²) < 4.78 is 1.68. The third kappa shape index (κ3) is 29.2. The van der Waals surface area contributed by atoms with Crippen molar-refractivity contribution in [3.8, 4) is 0 Å². The predicted octanol–water partition coefficient (Wildman–Crippen LogP) is 1.47. The van der Waals surface area contributed by atoms with Crippen molar-refractivity contribution in [2.75, 3.05) is 42.3 Å². The number of hydrogen-bond acceptors (Lipinski definition) is 3. The number of allylic oxidation sites excluding steroid dienone is 4. The Morgan fingerprint density at radius 1 is 0.938 bits per heavy atom. The van der Waals surface area contributed by atoms with Crippen molar-refractivity contribution in [1.29, 1.82) is 0 Å². The third-order valence-corrected chi connectivity index (χ3v) is 2.67. The van der Waals surface area contributed by atoms with Gasteiger partial charge in [0.15, 0.2) is 0 Å². The second kappa shape index (κ2) is 24.3. The molecule has 0 aliphatic heterocycles. The first-order valence-electron chi connectivity index (χ1n) is 5.47. The summed E-state index contributed by atoms with van der Waals surface area (Å²) in [4.78, 5) is 0. The van der Waals surface area contributed by atoms with Crippen LogP contribution in [0, 0.1) is 0 Å². The normalized spacial score (nSPS) is 10.8. The van der Waals surface area contributed by atoms with E-state index in [1.807, 2.05) is 42.3 Å². The van der Waals surface area contributed by atoms with Crippen molar-refractivity contribution in [2.24, 2.45) is 0 Å². The van der Waals surface area contributed by atoms with Gasteiger partial charge in [-0.05, 0) is 42.3 Å². The SMILES string of the molecule is CNC.CNC.CNC.[CH3][Ti][C]1=CC=CC1. The molecule has 4 heteroatoms. The zero-order valence-corrected chi connectivity index (χ0v) is 13.5. The molecule has 0 fully saturated rings. The Labute approximate surface area is 111 Å². The van der Waals surface area contributed by atoms with Gasteiger partial charge in [-0.1, -0.05) is 0 Å². The Balaban J connectivity index is -0.000000161. The first-order chi connectivity index (χ1) is 7.67. The van der Waals surface area contributed by atoms with Crippen molar-refractivity contribution in [3.05, 3.63) is 22.1 Å². The van der Waals surface area contributed by atoms with Crippen LogP contribution >= 0.6 is 0 Å². The van der Waals surface area contributed by atoms with Gasteiger partial charge < -0.3 is 16.0 Å². The van der Waals surface area contributed by atoms with E-state index in [0.717, 1.165) is 0 Å². The van der Waals surface area contributed by atoms with Crippen LogP contribution in [0.2, 0.25) is 5.23 Å². The van der Waals surface area contributed by atoms with Gasteiger partial charge in [0.05, 0.1) is 0 Å². The van der Waals surface area contributed by atoms with E-state index in [9.17, 15) is 0 Å². The molecule has 0 amide bonds. The maximum atomic E-state index is 2.75. The number of rotatable bonds is 1. The van der Waals surface area contributed by atoms with Crippen molar-refractivity contribution in [1.82, 2.24) is 16.0 Å². The summed E-state index contributed by atoms with van der Waals surface area (Å²) >= 11 is 0.292. The molecule has 0 unspecified atom stereocenters. The van der Waals surface area contributed by atoms with Gasteiger partial charge in [0.2, 0.25) is 0 Å². The average Bonchev–Trinajstić information content (AvgIpc) is 2.73. The summed E-state index contributed by atoms with van der Waals surface area (Å²) in [5, 5.41) is 10.6. The topological polar surface area (TPSA) is 36.1 Å². The van der Waals surface area contributed by atoms with E-state index in [0.29, 0.717) is 19.2 Å². The summed E-state index contributed by atoms with van der Waals surface area (Å²) in [5.41, 5.74) is 0. The molecular formula is C12H29N3Ti. The van der Waals surface area contributed by atoms with E-state index in [2.05, 4.69) is 39.4 Å². The van der Waals surface area contributed by atoms with Crippen LogP contribution in [0.5, 0.6) is 0 Å². The molecule has 0 aromatic heterocycles.